The average molecular weight is 410 g/mol. The summed E-state index contributed by atoms with van der Waals surface area (Å²) in [6.45, 7) is -0.0270. The molecular formula is C22H16F2N2O4. The molecule has 3 aromatic rings. The lowest BCUT2D eigenvalue weighted by Gasteiger charge is -2.27. The first-order valence-electron chi connectivity index (χ1n) is 9.15. The molecule has 0 aliphatic carbocycles. The van der Waals surface area contributed by atoms with Gasteiger partial charge in [-0.25, -0.2) is 13.7 Å². The lowest BCUT2D eigenvalue weighted by atomic mass is 10.1. The third-order valence-electron chi connectivity index (χ3n) is 4.84. The van der Waals surface area contributed by atoms with E-state index in [0.29, 0.717) is 5.56 Å². The molecule has 1 unspecified atom stereocenters. The van der Waals surface area contributed by atoms with Crippen LogP contribution in [0.4, 0.5) is 14.5 Å². The molecule has 0 spiro atoms. The van der Waals surface area contributed by atoms with Crippen LogP contribution in [0.25, 0.3) is 0 Å². The summed E-state index contributed by atoms with van der Waals surface area (Å²) in [7, 11) is 0. The van der Waals surface area contributed by atoms with E-state index < -0.39 is 35.4 Å². The fourth-order valence-corrected chi connectivity index (χ4v) is 3.37. The van der Waals surface area contributed by atoms with Crippen LogP contribution in [-0.2, 0) is 16.1 Å². The molecule has 0 saturated carbocycles. The van der Waals surface area contributed by atoms with Crippen LogP contribution in [0.3, 0.4) is 0 Å². The quantitative estimate of drug-likeness (QED) is 0.604. The van der Waals surface area contributed by atoms with Gasteiger partial charge in [-0.3, -0.25) is 14.4 Å². The maximum Gasteiger partial charge on any atom is 0.290 e. The van der Waals surface area contributed by atoms with Gasteiger partial charge in [0.25, 0.3) is 11.8 Å². The van der Waals surface area contributed by atoms with E-state index in [1.54, 1.807) is 0 Å². The van der Waals surface area contributed by atoms with E-state index in [9.17, 15) is 23.2 Å². The number of furan rings is 1. The Morgan fingerprint density at radius 2 is 1.63 bits per heavy atom. The zero-order chi connectivity index (χ0) is 21.3. The lowest BCUT2D eigenvalue weighted by Crippen LogP contribution is -2.45. The normalized spacial score (nSPS) is 16.2. The van der Waals surface area contributed by atoms with E-state index in [1.165, 1.54) is 59.7 Å². The van der Waals surface area contributed by atoms with Crippen LogP contribution in [0.5, 0.6) is 0 Å². The van der Waals surface area contributed by atoms with Crippen LogP contribution in [0.1, 0.15) is 22.5 Å². The highest BCUT2D eigenvalue weighted by atomic mass is 19.1. The van der Waals surface area contributed by atoms with E-state index >= 15 is 0 Å². The van der Waals surface area contributed by atoms with Gasteiger partial charge in [0.15, 0.2) is 5.76 Å². The van der Waals surface area contributed by atoms with Gasteiger partial charge >= 0.3 is 0 Å². The Labute approximate surface area is 170 Å². The molecule has 1 aliphatic heterocycles. The molecule has 0 radical (unpaired) electrons. The van der Waals surface area contributed by atoms with Gasteiger partial charge < -0.3 is 9.32 Å². The number of carbonyl (C=O) groups is 3. The number of anilines is 1. The van der Waals surface area contributed by atoms with Gasteiger partial charge in [0.2, 0.25) is 5.91 Å². The van der Waals surface area contributed by atoms with Crippen molar-refractivity contribution in [2.24, 2.45) is 0 Å². The maximum atomic E-state index is 13.3. The van der Waals surface area contributed by atoms with Gasteiger partial charge in [0, 0.05) is 6.54 Å². The number of hydrogen-bond acceptors (Lipinski definition) is 4. The van der Waals surface area contributed by atoms with Crippen molar-refractivity contribution in [2.75, 3.05) is 4.90 Å². The van der Waals surface area contributed by atoms with Gasteiger partial charge in [-0.05, 0) is 54.1 Å². The van der Waals surface area contributed by atoms with E-state index in [-0.39, 0.29) is 24.4 Å². The minimum Gasteiger partial charge on any atom is -0.459 e. The Hall–Kier alpha value is -3.81. The van der Waals surface area contributed by atoms with E-state index in [1.807, 2.05) is 0 Å². The van der Waals surface area contributed by atoms with Crippen LogP contribution >= 0.6 is 0 Å². The van der Waals surface area contributed by atoms with E-state index in [2.05, 4.69) is 0 Å². The Kier molecular flexibility index (Phi) is 5.14. The van der Waals surface area contributed by atoms with Crippen molar-refractivity contribution in [3.63, 3.8) is 0 Å². The Morgan fingerprint density at radius 3 is 2.23 bits per heavy atom. The fourth-order valence-electron chi connectivity index (χ4n) is 3.37. The van der Waals surface area contributed by atoms with Gasteiger partial charge in [0.05, 0.1) is 18.4 Å². The van der Waals surface area contributed by atoms with Crippen molar-refractivity contribution >= 4 is 23.4 Å². The predicted molar refractivity (Wildman–Crippen MR) is 102 cm³/mol. The molecule has 1 fully saturated rings. The van der Waals surface area contributed by atoms with Gasteiger partial charge in [-0.2, -0.15) is 0 Å². The first-order chi connectivity index (χ1) is 14.4. The Bertz CT molecular complexity index is 1080. The first kappa shape index (κ1) is 19.5. The number of carbonyl (C=O) groups excluding carboxylic acids is 3. The Morgan fingerprint density at radius 1 is 1.00 bits per heavy atom. The summed E-state index contributed by atoms with van der Waals surface area (Å²) < 4.78 is 31.7. The highest BCUT2D eigenvalue weighted by molar-refractivity contribution is 6.23. The first-order valence-corrected chi connectivity index (χ1v) is 9.15. The van der Waals surface area contributed by atoms with Crippen LogP contribution in [-0.4, -0.2) is 28.7 Å². The highest BCUT2D eigenvalue weighted by Gasteiger charge is 2.45. The van der Waals surface area contributed by atoms with Crippen molar-refractivity contribution in [2.45, 2.75) is 19.0 Å². The molecule has 30 heavy (non-hydrogen) atoms. The smallest absolute Gasteiger partial charge is 0.290 e. The third-order valence-corrected chi connectivity index (χ3v) is 4.84. The number of nitrogens with zero attached hydrogens (tertiary/aromatic N) is 2. The minimum atomic E-state index is -1.08. The molecule has 2 aromatic carbocycles. The molecular weight excluding hydrogens is 394 g/mol. The molecule has 8 heteroatoms. The second kappa shape index (κ2) is 7.90. The molecule has 152 valence electrons. The number of halogens is 2. The standard InChI is InChI=1S/C22H16F2N2O4/c23-15-5-3-14(4-6-15)13-25(22(29)19-2-1-11-30-19)18-12-20(27)26(21(18)28)17-9-7-16(24)8-10-17/h1-11,18H,12-13H2. The molecule has 1 saturated heterocycles. The molecule has 2 heterocycles. The van der Waals surface area contributed by atoms with E-state index in [0.717, 1.165) is 17.0 Å². The van der Waals surface area contributed by atoms with Crippen LogP contribution in [0.2, 0.25) is 0 Å². The monoisotopic (exact) mass is 410 g/mol. The second-order valence-electron chi connectivity index (χ2n) is 6.80. The number of rotatable bonds is 5. The van der Waals surface area contributed by atoms with Crippen molar-refractivity contribution < 1.29 is 27.6 Å². The predicted octanol–water partition coefficient (Wildman–Crippen LogP) is 3.53. The topological polar surface area (TPSA) is 70.8 Å². The summed E-state index contributed by atoms with van der Waals surface area (Å²) >= 11 is 0. The average Bonchev–Trinajstić information content (AvgIpc) is 3.37. The number of hydrogen-bond donors (Lipinski definition) is 0. The van der Waals surface area contributed by atoms with Gasteiger partial charge in [0.1, 0.15) is 17.7 Å². The van der Waals surface area contributed by atoms with E-state index in [4.69, 9.17) is 4.42 Å². The largest absolute Gasteiger partial charge is 0.459 e. The third kappa shape index (κ3) is 3.71. The maximum absolute atomic E-state index is 13.3. The summed E-state index contributed by atoms with van der Waals surface area (Å²) in [5, 5.41) is 0. The molecule has 1 atom stereocenters. The molecule has 0 N–H and O–H groups in total. The van der Waals surface area contributed by atoms with Gasteiger partial charge in [-0.15, -0.1) is 0 Å². The summed E-state index contributed by atoms with van der Waals surface area (Å²) in [5.74, 6) is -2.60. The zero-order valence-corrected chi connectivity index (χ0v) is 15.6. The summed E-state index contributed by atoms with van der Waals surface area (Å²) in [6.07, 6.45) is 1.10. The van der Waals surface area contributed by atoms with Crippen molar-refractivity contribution in [1.29, 1.82) is 0 Å². The SMILES string of the molecule is O=C1CC(N(Cc2ccc(F)cc2)C(=O)c2ccco2)C(=O)N1c1ccc(F)cc1. The number of amides is 3. The van der Waals surface area contributed by atoms with Crippen molar-refractivity contribution in [1.82, 2.24) is 4.90 Å². The van der Waals surface area contributed by atoms with Crippen LogP contribution in [0.15, 0.2) is 71.3 Å². The minimum absolute atomic E-state index is 0.0117. The zero-order valence-electron chi connectivity index (χ0n) is 15.6. The summed E-state index contributed by atoms with van der Waals surface area (Å²) in [5.41, 5.74) is 0.804. The summed E-state index contributed by atoms with van der Waals surface area (Å²) in [4.78, 5) is 40.9. The van der Waals surface area contributed by atoms with Crippen LogP contribution < -0.4 is 4.90 Å². The lowest BCUT2D eigenvalue weighted by molar-refractivity contribution is -0.122. The van der Waals surface area contributed by atoms with Gasteiger partial charge in [-0.1, -0.05) is 12.1 Å². The summed E-state index contributed by atoms with van der Waals surface area (Å²) in [6, 6.07) is 12.3. The highest BCUT2D eigenvalue weighted by Crippen LogP contribution is 2.28. The molecule has 4 rings (SSSR count). The van der Waals surface area contributed by atoms with Crippen molar-refractivity contribution in [3.05, 3.63) is 89.9 Å². The van der Waals surface area contributed by atoms with Crippen molar-refractivity contribution in [3.8, 4) is 0 Å². The fraction of sp³-hybridized carbons (Fsp3) is 0.136. The Balaban J connectivity index is 1.66. The molecule has 3 amide bonds. The molecule has 1 aromatic heterocycles. The molecule has 6 nitrogen and oxygen atoms in total. The number of imide groups is 1. The molecule has 1 aliphatic rings. The second-order valence-corrected chi connectivity index (χ2v) is 6.80. The molecule has 0 bridgehead atoms. The van der Waals surface area contributed by atoms with Crippen LogP contribution in [0, 0.1) is 11.6 Å². The number of benzene rings is 2.